The molecule has 0 saturated heterocycles. The molecule has 2 nitrogen and oxygen atoms in total. The van der Waals surface area contributed by atoms with Gasteiger partial charge >= 0.3 is 5.97 Å². The van der Waals surface area contributed by atoms with Gasteiger partial charge < -0.3 is 4.74 Å². The Hall–Kier alpha value is -0.790. The highest BCUT2D eigenvalue weighted by Gasteiger charge is 2.20. The highest BCUT2D eigenvalue weighted by Crippen LogP contribution is 2.34. The van der Waals surface area contributed by atoms with Crippen LogP contribution in [0.4, 0.5) is 0 Å². The molecule has 0 aliphatic heterocycles. The van der Waals surface area contributed by atoms with Gasteiger partial charge in [-0.15, -0.1) is 0 Å². The smallest absolute Gasteiger partial charge is 0.333 e. The van der Waals surface area contributed by atoms with Crippen molar-refractivity contribution in [3.8, 4) is 0 Å². The van der Waals surface area contributed by atoms with Crippen LogP contribution in [-0.2, 0) is 9.53 Å². The summed E-state index contributed by atoms with van der Waals surface area (Å²) in [7, 11) is 0. The molecule has 0 atom stereocenters. The van der Waals surface area contributed by atoms with Crippen LogP contribution < -0.4 is 0 Å². The molecule has 0 heterocycles. The minimum atomic E-state index is -0.248. The summed E-state index contributed by atoms with van der Waals surface area (Å²) in [4.78, 5) is 11.2. The number of carbonyl (C=O) groups excluding carboxylic acids is 1. The van der Waals surface area contributed by atoms with Gasteiger partial charge in [-0.25, -0.2) is 4.79 Å². The lowest BCUT2D eigenvalue weighted by molar-refractivity contribution is -0.139. The highest BCUT2D eigenvalue weighted by atomic mass is 16.5. The van der Waals surface area contributed by atoms with Crippen LogP contribution in [0.1, 0.15) is 84.5 Å². The fourth-order valence-electron chi connectivity index (χ4n) is 3.31. The van der Waals surface area contributed by atoms with Gasteiger partial charge in [0, 0.05) is 5.57 Å². The van der Waals surface area contributed by atoms with E-state index in [1.807, 2.05) is 0 Å². The number of esters is 1. The Morgan fingerprint density at radius 3 is 2.00 bits per heavy atom. The molecule has 0 radical (unpaired) electrons. The van der Waals surface area contributed by atoms with Gasteiger partial charge in [0.05, 0.1) is 6.61 Å². The average molecular weight is 294 g/mol. The number of hydrogen-bond acceptors (Lipinski definition) is 2. The molecule has 1 fully saturated rings. The lowest BCUT2D eigenvalue weighted by atomic mass is 9.78. The minimum absolute atomic E-state index is 0.248. The summed E-state index contributed by atoms with van der Waals surface area (Å²) in [6, 6.07) is 0. The predicted octanol–water partition coefficient (Wildman–Crippen LogP) is 5.66. The molecule has 1 aliphatic rings. The lowest BCUT2D eigenvalue weighted by Crippen LogP contribution is -2.15. The van der Waals surface area contributed by atoms with Crippen molar-refractivity contribution in [3.63, 3.8) is 0 Å². The first-order chi connectivity index (χ1) is 10.1. The number of unbranched alkanes of at least 4 members (excludes halogenated alkanes) is 3. The molecular weight excluding hydrogens is 260 g/mol. The first kappa shape index (κ1) is 18.3. The maximum Gasteiger partial charge on any atom is 0.333 e. The van der Waals surface area contributed by atoms with Gasteiger partial charge in [0.15, 0.2) is 0 Å². The first-order valence-electron chi connectivity index (χ1n) is 8.96. The summed E-state index contributed by atoms with van der Waals surface area (Å²) in [5.74, 6) is 1.68. The van der Waals surface area contributed by atoms with Crippen LogP contribution in [-0.4, -0.2) is 12.6 Å². The van der Waals surface area contributed by atoms with Crippen LogP contribution in [0.15, 0.2) is 12.2 Å². The molecule has 0 amide bonds. The summed E-state index contributed by atoms with van der Waals surface area (Å²) >= 11 is 0. The van der Waals surface area contributed by atoms with Crippen molar-refractivity contribution in [2.75, 3.05) is 6.61 Å². The van der Waals surface area contributed by atoms with E-state index in [4.69, 9.17) is 4.74 Å². The SMILES string of the molecule is C=C(C)C(=O)OCCCCC1CCC(CCCCC)CC1. The first-order valence-corrected chi connectivity index (χ1v) is 8.96. The van der Waals surface area contributed by atoms with E-state index in [1.54, 1.807) is 6.92 Å². The molecular formula is C19H34O2. The van der Waals surface area contributed by atoms with Crippen molar-refractivity contribution < 1.29 is 9.53 Å². The molecule has 0 bridgehead atoms. The molecule has 0 spiro atoms. The number of ether oxygens (including phenoxy) is 1. The van der Waals surface area contributed by atoms with E-state index < -0.39 is 0 Å². The maximum atomic E-state index is 11.2. The third kappa shape index (κ3) is 8.28. The third-order valence-corrected chi connectivity index (χ3v) is 4.77. The van der Waals surface area contributed by atoms with Gasteiger partial charge in [0.1, 0.15) is 0 Å². The second kappa shape index (κ2) is 10.9. The van der Waals surface area contributed by atoms with E-state index in [2.05, 4.69) is 13.5 Å². The third-order valence-electron chi connectivity index (χ3n) is 4.77. The fourth-order valence-corrected chi connectivity index (χ4v) is 3.31. The van der Waals surface area contributed by atoms with E-state index >= 15 is 0 Å². The van der Waals surface area contributed by atoms with Crippen LogP contribution >= 0.6 is 0 Å². The van der Waals surface area contributed by atoms with E-state index in [9.17, 15) is 4.79 Å². The summed E-state index contributed by atoms with van der Waals surface area (Å²) in [5.41, 5.74) is 0.497. The van der Waals surface area contributed by atoms with Crippen LogP contribution in [0.5, 0.6) is 0 Å². The zero-order valence-corrected chi connectivity index (χ0v) is 14.2. The van der Waals surface area contributed by atoms with E-state index in [-0.39, 0.29) is 5.97 Å². The molecule has 122 valence electrons. The Bertz CT molecular complexity index is 301. The Morgan fingerprint density at radius 1 is 1.00 bits per heavy atom. The Labute approximate surface area is 131 Å². The van der Waals surface area contributed by atoms with Crippen molar-refractivity contribution >= 4 is 5.97 Å². The van der Waals surface area contributed by atoms with Gasteiger partial charge in [-0.05, 0) is 31.6 Å². The van der Waals surface area contributed by atoms with Gasteiger partial charge in [-0.1, -0.05) is 71.3 Å². The maximum absolute atomic E-state index is 11.2. The number of carbonyl (C=O) groups is 1. The van der Waals surface area contributed by atoms with Gasteiger partial charge in [0.2, 0.25) is 0 Å². The highest BCUT2D eigenvalue weighted by molar-refractivity contribution is 5.86. The standard InChI is InChI=1S/C19H34O2/c1-4-5-6-9-17-11-13-18(14-12-17)10-7-8-15-21-19(20)16(2)3/h17-18H,2,4-15H2,1,3H3. The second-order valence-corrected chi connectivity index (χ2v) is 6.79. The summed E-state index contributed by atoms with van der Waals surface area (Å²) in [6.45, 7) is 8.12. The summed E-state index contributed by atoms with van der Waals surface area (Å²) in [5, 5.41) is 0. The van der Waals surface area contributed by atoms with Crippen LogP contribution in [0, 0.1) is 11.8 Å². The molecule has 1 rings (SSSR count). The van der Waals surface area contributed by atoms with Gasteiger partial charge in [0.25, 0.3) is 0 Å². The van der Waals surface area contributed by atoms with Gasteiger partial charge in [-0.2, -0.15) is 0 Å². The normalized spacial score (nSPS) is 22.0. The molecule has 0 N–H and O–H groups in total. The molecule has 0 aromatic rings. The summed E-state index contributed by atoms with van der Waals surface area (Å²) in [6.07, 6.45) is 14.9. The van der Waals surface area contributed by atoms with Crippen LogP contribution in [0.25, 0.3) is 0 Å². The Kier molecular flexibility index (Phi) is 9.45. The number of hydrogen-bond donors (Lipinski definition) is 0. The second-order valence-electron chi connectivity index (χ2n) is 6.79. The van der Waals surface area contributed by atoms with E-state index in [0.717, 1.165) is 18.3 Å². The van der Waals surface area contributed by atoms with Crippen LogP contribution in [0.3, 0.4) is 0 Å². The molecule has 0 aromatic heterocycles. The Morgan fingerprint density at radius 2 is 1.52 bits per heavy atom. The van der Waals surface area contributed by atoms with E-state index in [0.29, 0.717) is 12.2 Å². The predicted molar refractivity (Wildman–Crippen MR) is 89.2 cm³/mol. The van der Waals surface area contributed by atoms with E-state index in [1.165, 1.54) is 64.2 Å². The lowest BCUT2D eigenvalue weighted by Gasteiger charge is -2.28. The molecule has 1 saturated carbocycles. The molecule has 1 aliphatic carbocycles. The fraction of sp³-hybridized carbons (Fsp3) is 0.842. The minimum Gasteiger partial charge on any atom is -0.462 e. The summed E-state index contributed by atoms with van der Waals surface area (Å²) < 4.78 is 5.13. The van der Waals surface area contributed by atoms with Gasteiger partial charge in [-0.3, -0.25) is 0 Å². The van der Waals surface area contributed by atoms with Crippen molar-refractivity contribution in [2.24, 2.45) is 11.8 Å². The topological polar surface area (TPSA) is 26.3 Å². The van der Waals surface area contributed by atoms with Crippen molar-refractivity contribution in [2.45, 2.75) is 84.5 Å². The zero-order valence-electron chi connectivity index (χ0n) is 14.2. The van der Waals surface area contributed by atoms with Crippen molar-refractivity contribution in [3.05, 3.63) is 12.2 Å². The van der Waals surface area contributed by atoms with Crippen molar-refractivity contribution in [1.29, 1.82) is 0 Å². The Balaban J connectivity index is 1.98. The zero-order chi connectivity index (χ0) is 15.5. The molecule has 0 unspecified atom stereocenters. The molecule has 0 aromatic carbocycles. The largest absolute Gasteiger partial charge is 0.462 e. The van der Waals surface area contributed by atoms with Crippen molar-refractivity contribution in [1.82, 2.24) is 0 Å². The average Bonchev–Trinajstić information content (AvgIpc) is 2.48. The van der Waals surface area contributed by atoms with Crippen LogP contribution in [0.2, 0.25) is 0 Å². The molecule has 2 heteroatoms. The molecule has 21 heavy (non-hydrogen) atoms. The number of rotatable bonds is 10. The quantitative estimate of drug-likeness (QED) is 0.295. The monoisotopic (exact) mass is 294 g/mol.